The third-order valence-corrected chi connectivity index (χ3v) is 3.29. The average Bonchev–Trinajstić information content (AvgIpc) is 2.39. The fourth-order valence-electron chi connectivity index (χ4n) is 1.91. The lowest BCUT2D eigenvalue weighted by Gasteiger charge is -2.15. The Hall–Kier alpha value is -1.38. The summed E-state index contributed by atoms with van der Waals surface area (Å²) in [6, 6.07) is 16.9. The van der Waals surface area contributed by atoms with Crippen LogP contribution in [0.1, 0.15) is 24.2 Å². The van der Waals surface area contributed by atoms with Gasteiger partial charge < -0.3 is 4.43 Å². The molecule has 17 heavy (non-hydrogen) atoms. The molecule has 0 bridgehead atoms. The molecule has 1 nitrogen and oxygen atoms in total. The maximum Gasteiger partial charge on any atom is 0.247 e. The number of rotatable bonds is 3. The molecule has 2 aromatic carbocycles. The van der Waals surface area contributed by atoms with E-state index in [2.05, 4.69) is 59.9 Å². The Morgan fingerprint density at radius 2 is 1.65 bits per heavy atom. The van der Waals surface area contributed by atoms with Crippen LogP contribution in [0.15, 0.2) is 48.5 Å². The summed E-state index contributed by atoms with van der Waals surface area (Å²) in [4.78, 5) is 0. The van der Waals surface area contributed by atoms with Gasteiger partial charge in [-0.1, -0.05) is 54.1 Å². The van der Waals surface area contributed by atoms with E-state index in [9.17, 15) is 0 Å². The van der Waals surface area contributed by atoms with Crippen LogP contribution >= 0.6 is 0 Å². The van der Waals surface area contributed by atoms with Crippen molar-refractivity contribution in [1.82, 2.24) is 0 Å². The van der Waals surface area contributed by atoms with Gasteiger partial charge in [0.1, 0.15) is 0 Å². The Morgan fingerprint density at radius 1 is 1.00 bits per heavy atom. The number of hydrogen-bond donors (Lipinski definition) is 0. The van der Waals surface area contributed by atoms with Crippen LogP contribution in [0.2, 0.25) is 0 Å². The van der Waals surface area contributed by atoms with Gasteiger partial charge in [-0.3, -0.25) is 0 Å². The minimum atomic E-state index is 0.0316. The zero-order valence-electron chi connectivity index (χ0n) is 10.1. The third kappa shape index (κ3) is 2.65. The Bertz CT molecular complexity index is 491. The molecule has 0 aliphatic carbocycles. The van der Waals surface area contributed by atoms with Gasteiger partial charge in [0, 0.05) is 0 Å². The molecule has 85 valence electrons. The van der Waals surface area contributed by atoms with Crippen LogP contribution in [0.3, 0.4) is 0 Å². The molecule has 2 aromatic rings. The molecule has 0 aliphatic heterocycles. The standard InChI is InChI=1S/C15H15OSi/c1-11-7-9-13(10-8-11)15-6-4-3-5-14(15)12(2)16-17/h3-10,12H,1-2H3. The van der Waals surface area contributed by atoms with Gasteiger partial charge in [0.25, 0.3) is 0 Å². The monoisotopic (exact) mass is 239 g/mol. The molecule has 0 fully saturated rings. The zero-order valence-corrected chi connectivity index (χ0v) is 11.1. The van der Waals surface area contributed by atoms with Gasteiger partial charge in [0.15, 0.2) is 0 Å². The topological polar surface area (TPSA) is 9.23 Å². The van der Waals surface area contributed by atoms with Crippen molar-refractivity contribution in [2.45, 2.75) is 20.0 Å². The third-order valence-electron chi connectivity index (χ3n) is 2.94. The molecular formula is C15H15OSi. The highest BCUT2D eigenvalue weighted by Crippen LogP contribution is 2.29. The molecular weight excluding hydrogens is 224 g/mol. The van der Waals surface area contributed by atoms with Crippen LogP contribution in [-0.2, 0) is 4.43 Å². The van der Waals surface area contributed by atoms with Crippen molar-refractivity contribution in [1.29, 1.82) is 0 Å². The van der Waals surface area contributed by atoms with E-state index in [0.29, 0.717) is 0 Å². The Balaban J connectivity index is 2.48. The van der Waals surface area contributed by atoms with Gasteiger partial charge in [-0.15, -0.1) is 0 Å². The summed E-state index contributed by atoms with van der Waals surface area (Å²) in [5.41, 5.74) is 4.90. The molecule has 0 saturated heterocycles. The molecule has 0 spiro atoms. The highest BCUT2D eigenvalue weighted by atomic mass is 28.2. The summed E-state index contributed by atoms with van der Waals surface area (Å²) in [7, 11) is 3.12. The highest BCUT2D eigenvalue weighted by molar-refractivity contribution is 5.98. The summed E-state index contributed by atoms with van der Waals surface area (Å²) in [5, 5.41) is 0. The molecule has 3 radical (unpaired) electrons. The fraction of sp³-hybridized carbons (Fsp3) is 0.200. The van der Waals surface area contributed by atoms with E-state index in [1.54, 1.807) is 0 Å². The number of hydrogen-bond acceptors (Lipinski definition) is 1. The molecule has 0 amide bonds. The molecule has 0 heterocycles. The summed E-state index contributed by atoms with van der Waals surface area (Å²) in [5.74, 6) is 0. The molecule has 2 rings (SSSR count). The van der Waals surface area contributed by atoms with Crippen molar-refractivity contribution >= 4 is 10.5 Å². The smallest absolute Gasteiger partial charge is 0.247 e. The van der Waals surface area contributed by atoms with Crippen molar-refractivity contribution in [3.8, 4) is 11.1 Å². The Kier molecular flexibility index (Phi) is 3.77. The van der Waals surface area contributed by atoms with Crippen LogP contribution in [0.5, 0.6) is 0 Å². The van der Waals surface area contributed by atoms with E-state index < -0.39 is 0 Å². The Morgan fingerprint density at radius 3 is 2.29 bits per heavy atom. The predicted molar refractivity (Wildman–Crippen MR) is 71.9 cm³/mol. The maximum atomic E-state index is 5.23. The lowest BCUT2D eigenvalue weighted by molar-refractivity contribution is 0.251. The first-order chi connectivity index (χ1) is 8.22. The van der Waals surface area contributed by atoms with Crippen molar-refractivity contribution in [3.63, 3.8) is 0 Å². The van der Waals surface area contributed by atoms with E-state index in [1.807, 2.05) is 13.0 Å². The summed E-state index contributed by atoms with van der Waals surface area (Å²) in [6.07, 6.45) is 0.0316. The van der Waals surface area contributed by atoms with Crippen LogP contribution in [0.25, 0.3) is 11.1 Å². The second-order valence-electron chi connectivity index (χ2n) is 4.21. The summed E-state index contributed by atoms with van der Waals surface area (Å²) in [6.45, 7) is 4.12. The maximum absolute atomic E-state index is 5.23. The molecule has 1 atom stereocenters. The second kappa shape index (κ2) is 5.30. The molecule has 1 unspecified atom stereocenters. The van der Waals surface area contributed by atoms with Crippen molar-refractivity contribution in [3.05, 3.63) is 59.7 Å². The molecule has 2 heteroatoms. The van der Waals surface area contributed by atoms with Gasteiger partial charge in [0.05, 0.1) is 6.10 Å². The second-order valence-corrected chi connectivity index (χ2v) is 4.45. The molecule has 0 aromatic heterocycles. The van der Waals surface area contributed by atoms with Crippen LogP contribution < -0.4 is 0 Å². The normalized spacial score (nSPS) is 12.4. The van der Waals surface area contributed by atoms with Crippen molar-refractivity contribution in [2.24, 2.45) is 0 Å². The van der Waals surface area contributed by atoms with Gasteiger partial charge in [-0.2, -0.15) is 0 Å². The number of aryl methyl sites for hydroxylation is 1. The van der Waals surface area contributed by atoms with Gasteiger partial charge in [-0.05, 0) is 30.5 Å². The SMILES string of the molecule is Cc1ccc(-c2ccccc2C(C)O[Si])cc1. The zero-order chi connectivity index (χ0) is 12.3. The van der Waals surface area contributed by atoms with Crippen LogP contribution in [0, 0.1) is 6.92 Å². The highest BCUT2D eigenvalue weighted by Gasteiger charge is 2.09. The fourth-order valence-corrected chi connectivity index (χ4v) is 2.04. The average molecular weight is 239 g/mol. The van der Waals surface area contributed by atoms with Crippen LogP contribution in [-0.4, -0.2) is 10.5 Å². The van der Waals surface area contributed by atoms with E-state index >= 15 is 0 Å². The molecule has 0 aliphatic rings. The number of benzene rings is 2. The first-order valence-electron chi connectivity index (χ1n) is 5.70. The van der Waals surface area contributed by atoms with E-state index in [-0.39, 0.29) is 6.10 Å². The summed E-state index contributed by atoms with van der Waals surface area (Å²) >= 11 is 0. The lowest BCUT2D eigenvalue weighted by Crippen LogP contribution is -1.99. The first-order valence-corrected chi connectivity index (χ1v) is 6.11. The molecule has 0 N–H and O–H groups in total. The van der Waals surface area contributed by atoms with Crippen molar-refractivity contribution < 1.29 is 4.43 Å². The van der Waals surface area contributed by atoms with Gasteiger partial charge in [0.2, 0.25) is 10.5 Å². The van der Waals surface area contributed by atoms with E-state index in [1.165, 1.54) is 22.3 Å². The predicted octanol–water partition coefficient (Wildman–Crippen LogP) is 3.82. The minimum Gasteiger partial charge on any atom is -0.412 e. The quantitative estimate of drug-likeness (QED) is 0.740. The van der Waals surface area contributed by atoms with E-state index in [0.717, 1.165) is 0 Å². The van der Waals surface area contributed by atoms with Gasteiger partial charge in [-0.25, -0.2) is 0 Å². The van der Waals surface area contributed by atoms with Gasteiger partial charge >= 0.3 is 0 Å². The minimum absolute atomic E-state index is 0.0316. The lowest BCUT2D eigenvalue weighted by atomic mass is 9.96. The summed E-state index contributed by atoms with van der Waals surface area (Å²) < 4.78 is 5.23. The Labute approximate surface area is 106 Å². The van der Waals surface area contributed by atoms with E-state index in [4.69, 9.17) is 4.43 Å². The first kappa shape index (κ1) is 12.1. The largest absolute Gasteiger partial charge is 0.412 e. The van der Waals surface area contributed by atoms with Crippen LogP contribution in [0.4, 0.5) is 0 Å². The van der Waals surface area contributed by atoms with Crippen molar-refractivity contribution in [2.75, 3.05) is 0 Å². The molecule has 0 saturated carbocycles.